The van der Waals surface area contributed by atoms with E-state index in [1.807, 2.05) is 25.1 Å². The second-order valence-corrected chi connectivity index (χ2v) is 8.96. The zero-order valence-corrected chi connectivity index (χ0v) is 18.6. The Balaban J connectivity index is 1.59. The Hall–Kier alpha value is -2.98. The lowest BCUT2D eigenvalue weighted by Crippen LogP contribution is -2.51. The van der Waals surface area contributed by atoms with Crippen LogP contribution < -0.4 is 9.47 Å². The van der Waals surface area contributed by atoms with Gasteiger partial charge in [-0.2, -0.15) is 4.31 Å². The number of amides is 1. The van der Waals surface area contributed by atoms with Crippen LogP contribution in [0.2, 0.25) is 0 Å². The van der Waals surface area contributed by atoms with Gasteiger partial charge in [-0.3, -0.25) is 4.79 Å². The molecule has 0 aromatic heterocycles. The minimum absolute atomic E-state index is 0.00768. The number of hydrogen-bond acceptors (Lipinski definition) is 5. The van der Waals surface area contributed by atoms with Crippen molar-refractivity contribution < 1.29 is 31.5 Å². The van der Waals surface area contributed by atoms with Crippen molar-refractivity contribution >= 4 is 22.0 Å². The average Bonchev–Trinajstić information content (AvgIpc) is 2.78. The lowest BCUT2D eigenvalue weighted by molar-refractivity contribution is -0.134. The van der Waals surface area contributed by atoms with Crippen molar-refractivity contribution in [1.82, 2.24) is 9.21 Å². The summed E-state index contributed by atoms with van der Waals surface area (Å²) in [6.45, 7) is 1.90. The maximum absolute atomic E-state index is 14.0. The summed E-state index contributed by atoms with van der Waals surface area (Å²) >= 11 is 0. The van der Waals surface area contributed by atoms with Crippen LogP contribution in [0.15, 0.2) is 47.4 Å². The molecular weight excluding hydrogens is 442 g/mol. The topological polar surface area (TPSA) is 76.2 Å². The second kappa shape index (κ2) is 10.1. The smallest absolute Gasteiger partial charge is 0.260 e. The summed E-state index contributed by atoms with van der Waals surface area (Å²) in [5, 5.41) is 0. The van der Waals surface area contributed by atoms with Crippen molar-refractivity contribution in [2.75, 3.05) is 39.9 Å². The van der Waals surface area contributed by atoms with Crippen LogP contribution in [0.4, 0.5) is 8.78 Å². The molecule has 3 rings (SSSR count). The van der Waals surface area contributed by atoms with Crippen LogP contribution in [-0.4, -0.2) is 63.4 Å². The molecule has 10 heteroatoms. The summed E-state index contributed by atoms with van der Waals surface area (Å²) in [5.41, 5.74) is 0.929. The van der Waals surface area contributed by atoms with Crippen molar-refractivity contribution in [1.29, 1.82) is 0 Å². The van der Waals surface area contributed by atoms with Crippen molar-refractivity contribution in [3.8, 4) is 11.5 Å². The number of carbonyl (C=O) groups is 1. The zero-order valence-electron chi connectivity index (χ0n) is 17.8. The number of piperazine rings is 1. The first-order valence-corrected chi connectivity index (χ1v) is 11.4. The Labute approximate surface area is 185 Å². The largest absolute Gasteiger partial charge is 0.493 e. The molecule has 0 unspecified atom stereocenters. The van der Waals surface area contributed by atoms with Gasteiger partial charge >= 0.3 is 0 Å². The molecule has 0 bridgehead atoms. The van der Waals surface area contributed by atoms with Crippen molar-refractivity contribution in [2.45, 2.75) is 11.8 Å². The maximum Gasteiger partial charge on any atom is 0.260 e. The van der Waals surface area contributed by atoms with E-state index in [1.54, 1.807) is 12.1 Å². The highest BCUT2D eigenvalue weighted by Crippen LogP contribution is 2.29. The molecule has 0 aliphatic carbocycles. The minimum Gasteiger partial charge on any atom is -0.493 e. The minimum atomic E-state index is -4.13. The summed E-state index contributed by atoms with van der Waals surface area (Å²) in [6, 6.07) is 7.66. The van der Waals surface area contributed by atoms with E-state index in [1.165, 1.54) is 12.0 Å². The summed E-state index contributed by atoms with van der Waals surface area (Å²) in [7, 11) is -2.62. The van der Waals surface area contributed by atoms with Crippen LogP contribution in [0.25, 0.3) is 6.08 Å². The molecule has 7 nitrogen and oxygen atoms in total. The van der Waals surface area contributed by atoms with Crippen LogP contribution in [0.3, 0.4) is 0 Å². The SMILES string of the molecule is CC=Cc1ccc(OCC(=O)N2CCN(S(=O)(=O)c3ccc(F)cc3F)CC2)c(OC)c1. The maximum atomic E-state index is 14.0. The molecule has 32 heavy (non-hydrogen) atoms. The zero-order chi connectivity index (χ0) is 23.3. The Morgan fingerprint density at radius 3 is 2.41 bits per heavy atom. The average molecular weight is 467 g/mol. The van der Waals surface area contributed by atoms with Crippen LogP contribution in [0.5, 0.6) is 11.5 Å². The monoisotopic (exact) mass is 466 g/mol. The van der Waals surface area contributed by atoms with E-state index >= 15 is 0 Å². The number of nitrogens with zero attached hydrogens (tertiary/aromatic N) is 2. The molecule has 172 valence electrons. The number of ether oxygens (including phenoxy) is 2. The van der Waals surface area contributed by atoms with Gasteiger partial charge in [-0.15, -0.1) is 0 Å². The van der Waals surface area contributed by atoms with Gasteiger partial charge in [0.1, 0.15) is 16.5 Å². The number of rotatable bonds is 7. The molecule has 0 atom stereocenters. The molecule has 1 saturated heterocycles. The number of halogens is 2. The van der Waals surface area contributed by atoms with E-state index in [-0.39, 0.29) is 38.7 Å². The van der Waals surface area contributed by atoms with Crippen molar-refractivity contribution in [3.05, 3.63) is 59.7 Å². The molecule has 0 spiro atoms. The van der Waals surface area contributed by atoms with Crippen molar-refractivity contribution in [3.63, 3.8) is 0 Å². The summed E-state index contributed by atoms with van der Waals surface area (Å²) in [4.78, 5) is 13.4. The van der Waals surface area contributed by atoms with E-state index in [0.717, 1.165) is 22.0 Å². The van der Waals surface area contributed by atoms with Gasteiger partial charge in [-0.05, 0) is 36.8 Å². The van der Waals surface area contributed by atoms with Crippen molar-refractivity contribution in [2.24, 2.45) is 0 Å². The van der Waals surface area contributed by atoms with Gasteiger partial charge < -0.3 is 14.4 Å². The predicted octanol–water partition coefficient (Wildman–Crippen LogP) is 2.92. The highest BCUT2D eigenvalue weighted by molar-refractivity contribution is 7.89. The Morgan fingerprint density at radius 1 is 1.06 bits per heavy atom. The van der Waals surface area contributed by atoms with Gasteiger partial charge in [-0.1, -0.05) is 18.2 Å². The van der Waals surface area contributed by atoms with Gasteiger partial charge in [0.2, 0.25) is 10.0 Å². The van der Waals surface area contributed by atoms with E-state index in [9.17, 15) is 22.0 Å². The molecule has 1 amide bonds. The number of benzene rings is 2. The molecule has 1 fully saturated rings. The molecule has 0 saturated carbocycles. The van der Waals surface area contributed by atoms with Gasteiger partial charge in [-0.25, -0.2) is 17.2 Å². The van der Waals surface area contributed by atoms with E-state index in [4.69, 9.17) is 9.47 Å². The highest BCUT2D eigenvalue weighted by atomic mass is 32.2. The summed E-state index contributed by atoms with van der Waals surface area (Å²) in [6.07, 6.45) is 3.80. The number of methoxy groups -OCH3 is 1. The first kappa shape index (κ1) is 23.7. The lowest BCUT2D eigenvalue weighted by Gasteiger charge is -2.34. The molecule has 1 heterocycles. The first-order valence-electron chi connectivity index (χ1n) is 9.92. The standard InChI is InChI=1S/C22H24F2N2O5S/c1-3-4-16-5-7-19(20(13-16)30-2)31-15-22(27)25-9-11-26(12-10-25)32(28,29)21-8-6-17(23)14-18(21)24/h3-8,13-14H,9-12,15H2,1-2H3. The molecular formula is C22H24F2N2O5S. The number of hydrogen-bond donors (Lipinski definition) is 0. The third-order valence-electron chi connectivity index (χ3n) is 5.00. The van der Waals surface area contributed by atoms with Crippen LogP contribution in [0.1, 0.15) is 12.5 Å². The molecule has 0 radical (unpaired) electrons. The predicted molar refractivity (Wildman–Crippen MR) is 115 cm³/mol. The Bertz CT molecular complexity index is 1110. The van der Waals surface area contributed by atoms with Crippen LogP contribution in [-0.2, 0) is 14.8 Å². The molecule has 0 N–H and O–H groups in total. The number of sulfonamides is 1. The molecule has 1 aliphatic rings. The van der Waals surface area contributed by atoms with E-state index in [0.29, 0.717) is 17.6 Å². The third kappa shape index (κ3) is 5.25. The molecule has 2 aromatic rings. The summed E-state index contributed by atoms with van der Waals surface area (Å²) in [5.74, 6) is -1.40. The quantitative estimate of drug-likeness (QED) is 0.627. The highest BCUT2D eigenvalue weighted by Gasteiger charge is 2.32. The fraction of sp³-hybridized carbons (Fsp3) is 0.318. The molecule has 2 aromatic carbocycles. The van der Waals surface area contributed by atoms with Crippen LogP contribution >= 0.6 is 0 Å². The number of allylic oxidation sites excluding steroid dienone is 1. The van der Waals surface area contributed by atoms with E-state index < -0.39 is 26.6 Å². The molecule has 1 aliphatic heterocycles. The van der Waals surface area contributed by atoms with Gasteiger partial charge in [0.15, 0.2) is 18.1 Å². The number of carbonyl (C=O) groups excluding carboxylic acids is 1. The van der Waals surface area contributed by atoms with Gasteiger partial charge in [0.25, 0.3) is 5.91 Å². The van der Waals surface area contributed by atoms with Crippen LogP contribution in [0, 0.1) is 11.6 Å². The Morgan fingerprint density at radius 2 is 1.78 bits per heavy atom. The first-order chi connectivity index (χ1) is 15.3. The van der Waals surface area contributed by atoms with E-state index in [2.05, 4.69) is 0 Å². The normalized spacial score (nSPS) is 15.2. The lowest BCUT2D eigenvalue weighted by atomic mass is 10.2. The van der Waals surface area contributed by atoms with Gasteiger partial charge in [0, 0.05) is 32.2 Å². The fourth-order valence-electron chi connectivity index (χ4n) is 3.33. The Kier molecular flexibility index (Phi) is 7.47. The second-order valence-electron chi connectivity index (χ2n) is 7.06. The third-order valence-corrected chi connectivity index (χ3v) is 6.93. The van der Waals surface area contributed by atoms with Gasteiger partial charge in [0.05, 0.1) is 7.11 Å². The fourth-order valence-corrected chi connectivity index (χ4v) is 4.80. The summed E-state index contributed by atoms with van der Waals surface area (Å²) < 4.78 is 64.4.